The highest BCUT2D eigenvalue weighted by Crippen LogP contribution is 2.29. The summed E-state index contributed by atoms with van der Waals surface area (Å²) in [7, 11) is 1.42. The van der Waals surface area contributed by atoms with Crippen molar-refractivity contribution < 1.29 is 13.5 Å². The van der Waals surface area contributed by atoms with E-state index in [9.17, 15) is 18.4 Å². The molecule has 0 aromatic carbocycles. The van der Waals surface area contributed by atoms with Gasteiger partial charge in [-0.05, 0) is 24.5 Å². The summed E-state index contributed by atoms with van der Waals surface area (Å²) < 4.78 is 36.3. The molecule has 0 amide bonds. The summed E-state index contributed by atoms with van der Waals surface area (Å²) >= 11 is 0. The van der Waals surface area contributed by atoms with Gasteiger partial charge in [0.1, 0.15) is 5.82 Å². The monoisotopic (exact) mass is 441 g/mol. The van der Waals surface area contributed by atoms with Gasteiger partial charge in [-0.3, -0.25) is 14.2 Å². The SMILES string of the molecule is Cn1c(=O)c(=O)n(C2CCN(c3ncc(C4=CCOC4)cc3F)CC2)c2ncc(F)cc21. The Morgan fingerprint density at radius 2 is 1.84 bits per heavy atom. The van der Waals surface area contributed by atoms with Gasteiger partial charge in [-0.1, -0.05) is 6.08 Å². The highest BCUT2D eigenvalue weighted by Gasteiger charge is 2.27. The summed E-state index contributed by atoms with van der Waals surface area (Å²) in [5, 5.41) is 0. The standard InChI is InChI=1S/C22H21F2N5O3/c1-27-18-9-15(23)11-26-20(18)29(22(31)21(27)30)16-2-5-28(6-3-16)19-17(24)8-14(10-25-19)13-4-7-32-12-13/h4,8-11,16H,2-3,5-7,12H2,1H3. The van der Waals surface area contributed by atoms with E-state index in [0.29, 0.717) is 44.7 Å². The molecule has 3 aromatic heterocycles. The Morgan fingerprint density at radius 1 is 1.06 bits per heavy atom. The van der Waals surface area contributed by atoms with Gasteiger partial charge >= 0.3 is 11.1 Å². The Kier molecular flexibility index (Phi) is 5.09. The fourth-order valence-electron chi connectivity index (χ4n) is 4.41. The fraction of sp³-hybridized carbons (Fsp3) is 0.364. The number of nitrogens with zero attached hydrogens (tertiary/aromatic N) is 5. The number of hydrogen-bond donors (Lipinski definition) is 0. The number of aryl methyl sites for hydroxylation is 1. The van der Waals surface area contributed by atoms with E-state index in [1.807, 2.05) is 11.0 Å². The zero-order chi connectivity index (χ0) is 22.4. The molecule has 0 unspecified atom stereocenters. The number of aromatic nitrogens is 4. The number of piperidine rings is 1. The van der Waals surface area contributed by atoms with Crippen molar-refractivity contribution in [2.45, 2.75) is 18.9 Å². The van der Waals surface area contributed by atoms with E-state index in [4.69, 9.17) is 4.74 Å². The summed E-state index contributed by atoms with van der Waals surface area (Å²) in [6, 6.07) is 2.35. The first-order valence-corrected chi connectivity index (χ1v) is 10.4. The summed E-state index contributed by atoms with van der Waals surface area (Å²) in [4.78, 5) is 35.4. The maximum absolute atomic E-state index is 14.8. The Labute approximate surface area is 181 Å². The van der Waals surface area contributed by atoms with Crippen molar-refractivity contribution in [3.63, 3.8) is 0 Å². The van der Waals surface area contributed by atoms with Crippen molar-refractivity contribution >= 4 is 22.6 Å². The quantitative estimate of drug-likeness (QED) is 0.579. The molecule has 0 aliphatic carbocycles. The fourth-order valence-corrected chi connectivity index (χ4v) is 4.41. The van der Waals surface area contributed by atoms with Gasteiger partial charge in [0.25, 0.3) is 0 Å². The Morgan fingerprint density at radius 3 is 2.53 bits per heavy atom. The van der Waals surface area contributed by atoms with Crippen molar-refractivity contribution in [1.29, 1.82) is 0 Å². The Bertz CT molecular complexity index is 1360. The van der Waals surface area contributed by atoms with Crippen molar-refractivity contribution in [3.8, 4) is 0 Å². The van der Waals surface area contributed by atoms with Crippen molar-refractivity contribution in [3.05, 3.63) is 68.5 Å². The third-order valence-corrected chi connectivity index (χ3v) is 6.14. The molecule has 5 heterocycles. The van der Waals surface area contributed by atoms with Gasteiger partial charge < -0.3 is 14.2 Å². The number of halogens is 2. The average molecular weight is 441 g/mol. The third-order valence-electron chi connectivity index (χ3n) is 6.14. The summed E-state index contributed by atoms with van der Waals surface area (Å²) in [6.45, 7) is 1.86. The van der Waals surface area contributed by atoms with Crippen LogP contribution in [0.4, 0.5) is 14.6 Å². The lowest BCUT2D eigenvalue weighted by atomic mass is 10.0. The van der Waals surface area contributed by atoms with Gasteiger partial charge in [0.05, 0.1) is 24.9 Å². The van der Waals surface area contributed by atoms with E-state index in [-0.39, 0.29) is 23.0 Å². The lowest BCUT2D eigenvalue weighted by Gasteiger charge is -2.34. The number of ether oxygens (including phenoxy) is 1. The van der Waals surface area contributed by atoms with Gasteiger partial charge in [-0.25, -0.2) is 18.7 Å². The first kappa shape index (κ1) is 20.5. The van der Waals surface area contributed by atoms with E-state index in [0.717, 1.165) is 16.3 Å². The molecule has 0 spiro atoms. The van der Waals surface area contributed by atoms with Crippen LogP contribution in [-0.4, -0.2) is 45.4 Å². The van der Waals surface area contributed by atoms with Crippen molar-refractivity contribution in [2.75, 3.05) is 31.2 Å². The normalized spacial score (nSPS) is 17.2. The molecule has 1 saturated heterocycles. The van der Waals surface area contributed by atoms with Gasteiger partial charge in [0.2, 0.25) is 0 Å². The molecule has 0 saturated carbocycles. The molecule has 2 aliphatic heterocycles. The second kappa shape index (κ2) is 7.94. The minimum absolute atomic E-state index is 0.255. The smallest absolute Gasteiger partial charge is 0.318 e. The van der Waals surface area contributed by atoms with E-state index in [1.165, 1.54) is 23.7 Å². The minimum atomic E-state index is -0.735. The predicted molar refractivity (Wildman–Crippen MR) is 115 cm³/mol. The van der Waals surface area contributed by atoms with Crippen LogP contribution in [0, 0.1) is 11.6 Å². The molecule has 8 nitrogen and oxygen atoms in total. The topological polar surface area (TPSA) is 82.2 Å². The van der Waals surface area contributed by atoms with Gasteiger partial charge in [0.15, 0.2) is 17.3 Å². The number of pyridine rings is 2. The molecule has 5 rings (SSSR count). The van der Waals surface area contributed by atoms with Crippen LogP contribution >= 0.6 is 0 Å². The zero-order valence-corrected chi connectivity index (χ0v) is 17.4. The van der Waals surface area contributed by atoms with E-state index in [2.05, 4.69) is 9.97 Å². The minimum Gasteiger partial charge on any atom is -0.373 e. The second-order valence-electron chi connectivity index (χ2n) is 8.03. The molecule has 2 aliphatic rings. The molecule has 1 fully saturated rings. The Hall–Kier alpha value is -3.40. The zero-order valence-electron chi connectivity index (χ0n) is 17.4. The van der Waals surface area contributed by atoms with Crippen LogP contribution < -0.4 is 16.0 Å². The largest absolute Gasteiger partial charge is 0.373 e. The van der Waals surface area contributed by atoms with Crippen LogP contribution in [-0.2, 0) is 11.8 Å². The molecule has 32 heavy (non-hydrogen) atoms. The summed E-state index contributed by atoms with van der Waals surface area (Å²) in [5.74, 6) is -0.743. The molecule has 0 N–H and O–H groups in total. The predicted octanol–water partition coefficient (Wildman–Crippen LogP) is 2.02. The van der Waals surface area contributed by atoms with Crippen molar-refractivity contribution in [1.82, 2.24) is 19.1 Å². The van der Waals surface area contributed by atoms with Gasteiger partial charge in [0, 0.05) is 44.0 Å². The lowest BCUT2D eigenvalue weighted by Crippen LogP contribution is -2.45. The molecule has 0 bridgehead atoms. The molecular formula is C22H21F2N5O3. The number of fused-ring (bicyclic) bond motifs is 1. The number of anilines is 1. The van der Waals surface area contributed by atoms with Crippen LogP contribution in [0.1, 0.15) is 24.4 Å². The van der Waals surface area contributed by atoms with Gasteiger partial charge in [-0.15, -0.1) is 0 Å². The highest BCUT2D eigenvalue weighted by atomic mass is 19.1. The molecule has 0 atom stereocenters. The van der Waals surface area contributed by atoms with Crippen molar-refractivity contribution in [2.24, 2.45) is 7.05 Å². The molecule has 10 heteroatoms. The van der Waals surface area contributed by atoms with Crippen LogP contribution in [0.5, 0.6) is 0 Å². The van der Waals surface area contributed by atoms with Crippen LogP contribution in [0.2, 0.25) is 0 Å². The second-order valence-corrected chi connectivity index (χ2v) is 8.03. The molecule has 0 radical (unpaired) electrons. The van der Waals surface area contributed by atoms with Crippen LogP contribution in [0.3, 0.4) is 0 Å². The van der Waals surface area contributed by atoms with E-state index < -0.39 is 22.8 Å². The average Bonchev–Trinajstić information content (AvgIpc) is 3.34. The van der Waals surface area contributed by atoms with E-state index >= 15 is 0 Å². The number of hydrogen-bond acceptors (Lipinski definition) is 6. The molecule has 3 aromatic rings. The Balaban J connectivity index is 1.42. The highest BCUT2D eigenvalue weighted by molar-refractivity contribution is 5.70. The maximum atomic E-state index is 14.8. The maximum Gasteiger partial charge on any atom is 0.318 e. The summed E-state index contributed by atoms with van der Waals surface area (Å²) in [5.41, 5.74) is 0.708. The first-order valence-electron chi connectivity index (χ1n) is 10.4. The van der Waals surface area contributed by atoms with E-state index in [1.54, 1.807) is 6.20 Å². The first-order chi connectivity index (χ1) is 15.4. The van der Waals surface area contributed by atoms with Crippen LogP contribution in [0.15, 0.2) is 40.2 Å². The molecular weight excluding hydrogens is 420 g/mol. The summed E-state index contributed by atoms with van der Waals surface area (Å²) in [6.07, 6.45) is 5.56. The van der Waals surface area contributed by atoms with Crippen LogP contribution in [0.25, 0.3) is 16.7 Å². The lowest BCUT2D eigenvalue weighted by molar-refractivity contribution is 0.216. The third kappa shape index (κ3) is 3.40. The molecule has 166 valence electrons. The number of rotatable bonds is 3. The van der Waals surface area contributed by atoms with Gasteiger partial charge in [-0.2, -0.15) is 0 Å².